The maximum absolute atomic E-state index is 12.7. The monoisotopic (exact) mass is 458 g/mol. The van der Waals surface area contributed by atoms with Crippen LogP contribution in [0, 0.1) is 14.9 Å². The third kappa shape index (κ3) is 4.96. The Morgan fingerprint density at radius 2 is 1.96 bits per heavy atom. The van der Waals surface area contributed by atoms with Gasteiger partial charge < -0.3 is 10.4 Å². The summed E-state index contributed by atoms with van der Waals surface area (Å²) in [5, 5.41) is 20.9. The fourth-order valence-electron chi connectivity index (χ4n) is 1.90. The Labute approximate surface area is 154 Å². The molecule has 2 N–H and O–H groups in total. The number of carbonyl (C=O) groups excluding carboxylic acids is 1. The maximum atomic E-state index is 12.7. The minimum Gasteiger partial charge on any atom is -0.507 e. The van der Waals surface area contributed by atoms with E-state index >= 15 is 0 Å². The predicted molar refractivity (Wildman–Crippen MR) is 94.5 cm³/mol. The average Bonchev–Trinajstić information content (AvgIpc) is 2.55. The lowest BCUT2D eigenvalue weighted by molar-refractivity contribution is -0.137. The van der Waals surface area contributed by atoms with Crippen molar-refractivity contribution in [2.24, 2.45) is 0 Å². The number of nitrogens with one attached hydrogen (secondary N) is 1. The number of amides is 1. The SMILES string of the molecule is N#C/C(=C/c1ccc(O)c(I)c1)C(=O)Nc1cccc(C(F)(F)F)c1. The van der Waals surface area contributed by atoms with Crippen molar-refractivity contribution >= 4 is 40.3 Å². The third-order valence-corrected chi connectivity index (χ3v) is 3.96. The van der Waals surface area contributed by atoms with E-state index in [0.717, 1.165) is 18.2 Å². The lowest BCUT2D eigenvalue weighted by Crippen LogP contribution is -2.14. The van der Waals surface area contributed by atoms with Crippen LogP contribution in [-0.2, 0) is 11.0 Å². The number of alkyl halides is 3. The summed E-state index contributed by atoms with van der Waals surface area (Å²) in [5.41, 5.74) is -0.751. The van der Waals surface area contributed by atoms with E-state index in [-0.39, 0.29) is 17.0 Å². The number of nitriles is 1. The summed E-state index contributed by atoms with van der Waals surface area (Å²) in [7, 11) is 0. The van der Waals surface area contributed by atoms with Gasteiger partial charge in [0.15, 0.2) is 0 Å². The molecule has 2 aromatic carbocycles. The molecule has 0 atom stereocenters. The van der Waals surface area contributed by atoms with Gasteiger partial charge in [-0.05, 0) is 64.6 Å². The highest BCUT2D eigenvalue weighted by molar-refractivity contribution is 14.1. The number of nitrogens with zero attached hydrogens (tertiary/aromatic N) is 1. The zero-order valence-corrected chi connectivity index (χ0v) is 14.6. The van der Waals surface area contributed by atoms with Crippen molar-refractivity contribution < 1.29 is 23.1 Å². The van der Waals surface area contributed by atoms with Crippen molar-refractivity contribution in [3.63, 3.8) is 0 Å². The third-order valence-electron chi connectivity index (χ3n) is 3.10. The molecule has 0 spiro atoms. The van der Waals surface area contributed by atoms with Crippen molar-refractivity contribution in [1.82, 2.24) is 0 Å². The van der Waals surface area contributed by atoms with Gasteiger partial charge in [0.2, 0.25) is 0 Å². The Morgan fingerprint density at radius 1 is 1.24 bits per heavy atom. The van der Waals surface area contributed by atoms with Crippen LogP contribution in [0.25, 0.3) is 6.08 Å². The number of rotatable bonds is 3. The van der Waals surface area contributed by atoms with Crippen molar-refractivity contribution in [3.05, 3.63) is 62.7 Å². The smallest absolute Gasteiger partial charge is 0.416 e. The number of anilines is 1. The molecule has 0 heterocycles. The molecule has 0 aliphatic heterocycles. The number of hydrogen-bond acceptors (Lipinski definition) is 3. The summed E-state index contributed by atoms with van der Waals surface area (Å²) >= 11 is 1.89. The van der Waals surface area contributed by atoms with Gasteiger partial charge in [0.25, 0.3) is 5.91 Å². The number of aromatic hydroxyl groups is 1. The Morgan fingerprint density at radius 3 is 2.56 bits per heavy atom. The fraction of sp³-hybridized carbons (Fsp3) is 0.0588. The van der Waals surface area contributed by atoms with Crippen LogP contribution in [0.4, 0.5) is 18.9 Å². The molecular weight excluding hydrogens is 448 g/mol. The van der Waals surface area contributed by atoms with Crippen LogP contribution in [0.5, 0.6) is 5.75 Å². The van der Waals surface area contributed by atoms with Crippen LogP contribution in [0.15, 0.2) is 48.0 Å². The number of halogens is 4. The summed E-state index contributed by atoms with van der Waals surface area (Å²) in [6, 6.07) is 10.3. The van der Waals surface area contributed by atoms with Gasteiger partial charge in [-0.25, -0.2) is 0 Å². The second-order valence-corrected chi connectivity index (χ2v) is 6.08. The largest absolute Gasteiger partial charge is 0.507 e. The summed E-state index contributed by atoms with van der Waals surface area (Å²) < 4.78 is 38.6. The molecular formula is C17H10F3IN2O2. The molecule has 2 rings (SSSR count). The molecule has 0 aromatic heterocycles. The van der Waals surface area contributed by atoms with Crippen molar-refractivity contribution in [1.29, 1.82) is 5.26 Å². The van der Waals surface area contributed by atoms with Crippen molar-refractivity contribution in [2.45, 2.75) is 6.18 Å². The summed E-state index contributed by atoms with van der Waals surface area (Å²) in [5.74, 6) is -0.769. The topological polar surface area (TPSA) is 73.1 Å². The van der Waals surface area contributed by atoms with Gasteiger partial charge in [-0.3, -0.25) is 4.79 Å². The van der Waals surface area contributed by atoms with E-state index in [9.17, 15) is 23.1 Å². The first-order valence-electron chi connectivity index (χ1n) is 6.79. The van der Waals surface area contributed by atoms with Crippen LogP contribution < -0.4 is 5.32 Å². The van der Waals surface area contributed by atoms with E-state index in [0.29, 0.717) is 9.13 Å². The number of phenols is 1. The molecule has 0 radical (unpaired) electrons. The van der Waals surface area contributed by atoms with Crippen LogP contribution in [0.1, 0.15) is 11.1 Å². The standard InChI is InChI=1S/C17H10F3IN2O2/c18-17(19,20)12-2-1-3-13(8-12)23-16(25)11(9-22)6-10-4-5-15(24)14(21)7-10/h1-8,24H,(H,23,25)/b11-6-. The lowest BCUT2D eigenvalue weighted by atomic mass is 10.1. The number of carbonyl (C=O) groups is 1. The van der Waals surface area contributed by atoms with Gasteiger partial charge in [-0.1, -0.05) is 12.1 Å². The van der Waals surface area contributed by atoms with Gasteiger partial charge in [-0.2, -0.15) is 18.4 Å². The van der Waals surface area contributed by atoms with Crippen LogP contribution in [0.3, 0.4) is 0 Å². The van der Waals surface area contributed by atoms with E-state index in [1.807, 2.05) is 22.6 Å². The Kier molecular flexibility index (Phi) is 5.69. The second kappa shape index (κ2) is 7.57. The average molecular weight is 458 g/mol. The Bertz CT molecular complexity index is 886. The normalized spacial score (nSPS) is 11.7. The van der Waals surface area contributed by atoms with Crippen molar-refractivity contribution in [2.75, 3.05) is 5.32 Å². The highest BCUT2D eigenvalue weighted by atomic mass is 127. The molecule has 2 aromatic rings. The maximum Gasteiger partial charge on any atom is 0.416 e. The van der Waals surface area contributed by atoms with E-state index in [4.69, 9.17) is 5.26 Å². The zero-order chi connectivity index (χ0) is 18.6. The quantitative estimate of drug-likeness (QED) is 0.403. The first kappa shape index (κ1) is 18.8. The molecule has 0 saturated heterocycles. The summed E-state index contributed by atoms with van der Waals surface area (Å²) in [4.78, 5) is 12.1. The molecule has 128 valence electrons. The number of phenolic OH excluding ortho intramolecular Hbond substituents is 1. The minimum atomic E-state index is -4.53. The van der Waals surface area contributed by atoms with Gasteiger partial charge in [0.1, 0.15) is 17.4 Å². The van der Waals surface area contributed by atoms with E-state index in [2.05, 4.69) is 5.32 Å². The fourth-order valence-corrected chi connectivity index (χ4v) is 2.44. The minimum absolute atomic E-state index is 0.0599. The van der Waals surface area contributed by atoms with Gasteiger partial charge in [0.05, 0.1) is 9.13 Å². The molecule has 4 nitrogen and oxygen atoms in total. The summed E-state index contributed by atoms with van der Waals surface area (Å²) in [6.45, 7) is 0. The lowest BCUT2D eigenvalue weighted by Gasteiger charge is -2.09. The van der Waals surface area contributed by atoms with E-state index < -0.39 is 17.6 Å². The first-order chi connectivity index (χ1) is 11.7. The molecule has 0 aliphatic rings. The molecule has 8 heteroatoms. The zero-order valence-electron chi connectivity index (χ0n) is 12.4. The highest BCUT2D eigenvalue weighted by Gasteiger charge is 2.30. The predicted octanol–water partition coefficient (Wildman–Crippen LogP) is 4.56. The van der Waals surface area contributed by atoms with E-state index in [1.165, 1.54) is 24.3 Å². The summed E-state index contributed by atoms with van der Waals surface area (Å²) in [6.07, 6.45) is -3.25. The Balaban J connectivity index is 2.25. The van der Waals surface area contributed by atoms with Gasteiger partial charge >= 0.3 is 6.18 Å². The molecule has 0 unspecified atom stereocenters. The first-order valence-corrected chi connectivity index (χ1v) is 7.87. The highest BCUT2D eigenvalue weighted by Crippen LogP contribution is 2.30. The number of hydrogen-bond donors (Lipinski definition) is 2. The van der Waals surface area contributed by atoms with Crippen molar-refractivity contribution in [3.8, 4) is 11.8 Å². The van der Waals surface area contributed by atoms with Crippen LogP contribution in [0.2, 0.25) is 0 Å². The molecule has 0 aliphatic carbocycles. The molecule has 0 saturated carbocycles. The molecule has 1 amide bonds. The van der Waals surface area contributed by atoms with E-state index in [1.54, 1.807) is 12.1 Å². The number of benzene rings is 2. The van der Waals surface area contributed by atoms with Gasteiger partial charge in [-0.15, -0.1) is 0 Å². The molecule has 25 heavy (non-hydrogen) atoms. The van der Waals surface area contributed by atoms with Crippen LogP contribution in [-0.4, -0.2) is 11.0 Å². The second-order valence-electron chi connectivity index (χ2n) is 4.91. The molecule has 0 bridgehead atoms. The Hall–Kier alpha value is -2.54. The molecule has 0 fully saturated rings. The van der Waals surface area contributed by atoms with Gasteiger partial charge in [0, 0.05) is 5.69 Å². The van der Waals surface area contributed by atoms with Crippen LogP contribution >= 0.6 is 22.6 Å².